The summed E-state index contributed by atoms with van der Waals surface area (Å²) in [6, 6.07) is 5.86. The van der Waals surface area contributed by atoms with Gasteiger partial charge in [-0.15, -0.1) is 0 Å². The molecule has 5 rings (SSSR count). The lowest BCUT2D eigenvalue weighted by Gasteiger charge is -2.22. The van der Waals surface area contributed by atoms with Gasteiger partial charge in [0, 0.05) is 37.0 Å². The number of pyridine rings is 2. The molecular formula is C25H23ClFN7O2. The summed E-state index contributed by atoms with van der Waals surface area (Å²) in [6.45, 7) is 1.87. The number of fused-ring (bicyclic) bond motifs is 4. The fraction of sp³-hybridized carbons (Fsp3) is 0.280. The van der Waals surface area contributed by atoms with E-state index in [1.54, 1.807) is 24.1 Å². The lowest BCUT2D eigenvalue weighted by molar-refractivity contribution is -0.119. The summed E-state index contributed by atoms with van der Waals surface area (Å²) in [7, 11) is 1.80. The number of rotatable bonds is 2. The van der Waals surface area contributed by atoms with Crippen molar-refractivity contribution in [1.82, 2.24) is 29.3 Å². The second-order valence-electron chi connectivity index (χ2n) is 8.81. The summed E-state index contributed by atoms with van der Waals surface area (Å²) in [5.41, 5.74) is 2.45. The number of carbonyl (C=O) groups is 1. The van der Waals surface area contributed by atoms with Crippen LogP contribution < -0.4 is 10.9 Å². The van der Waals surface area contributed by atoms with Crippen LogP contribution in [0.15, 0.2) is 54.0 Å². The Kier molecular flexibility index (Phi) is 6.36. The molecule has 1 aliphatic rings. The molecule has 1 N–H and O–H groups in total. The standard InChI is InChI=1S/C25H23ClFN7O2/c1-14-4-3-5-20(34-13-30-18(11-21(34)35)23-22(27)16(26)7-9-29-23)17-10-15(6-8-28-17)24-19(32-25(14)36)12-31-33(24)2/h6-14,20H,3-5H2,1-2H3,(H,32,36). The fourth-order valence-electron chi connectivity index (χ4n) is 4.46. The third kappa shape index (κ3) is 4.39. The molecule has 11 heteroatoms. The fourth-order valence-corrected chi connectivity index (χ4v) is 4.60. The number of anilines is 1. The Bertz CT molecular complexity index is 1520. The molecule has 4 aromatic heterocycles. The molecule has 36 heavy (non-hydrogen) atoms. The first-order chi connectivity index (χ1) is 17.3. The molecule has 2 unspecified atom stereocenters. The maximum atomic E-state index is 14.5. The van der Waals surface area contributed by atoms with Crippen LogP contribution in [0.25, 0.3) is 22.6 Å². The maximum Gasteiger partial charge on any atom is 0.254 e. The molecule has 0 spiro atoms. The smallest absolute Gasteiger partial charge is 0.254 e. The number of halogens is 2. The highest BCUT2D eigenvalue weighted by atomic mass is 35.5. The van der Waals surface area contributed by atoms with Crippen molar-refractivity contribution in [2.75, 3.05) is 5.32 Å². The Balaban J connectivity index is 1.60. The predicted octanol–water partition coefficient (Wildman–Crippen LogP) is 4.24. The largest absolute Gasteiger partial charge is 0.323 e. The van der Waals surface area contributed by atoms with E-state index in [4.69, 9.17) is 11.6 Å². The van der Waals surface area contributed by atoms with Crippen molar-refractivity contribution < 1.29 is 9.18 Å². The molecule has 0 aliphatic carbocycles. The van der Waals surface area contributed by atoms with E-state index < -0.39 is 11.9 Å². The van der Waals surface area contributed by atoms with Crippen molar-refractivity contribution in [3.63, 3.8) is 0 Å². The number of aryl methyl sites for hydroxylation is 1. The van der Waals surface area contributed by atoms with Crippen molar-refractivity contribution in [2.24, 2.45) is 13.0 Å². The summed E-state index contributed by atoms with van der Waals surface area (Å²) in [5.74, 6) is -1.06. The number of amides is 1. The van der Waals surface area contributed by atoms with E-state index in [1.165, 1.54) is 29.2 Å². The van der Waals surface area contributed by atoms with Gasteiger partial charge in [-0.3, -0.25) is 28.8 Å². The van der Waals surface area contributed by atoms with Crippen LogP contribution in [0.3, 0.4) is 0 Å². The zero-order chi connectivity index (χ0) is 25.4. The third-order valence-electron chi connectivity index (χ3n) is 6.41. The van der Waals surface area contributed by atoms with Gasteiger partial charge < -0.3 is 5.32 Å². The number of hydrogen-bond acceptors (Lipinski definition) is 6. The van der Waals surface area contributed by atoms with E-state index in [0.29, 0.717) is 30.6 Å². The highest BCUT2D eigenvalue weighted by molar-refractivity contribution is 6.30. The zero-order valence-electron chi connectivity index (χ0n) is 19.7. The van der Waals surface area contributed by atoms with Gasteiger partial charge in [0.1, 0.15) is 5.69 Å². The average molecular weight is 508 g/mol. The summed E-state index contributed by atoms with van der Waals surface area (Å²) >= 11 is 5.87. The van der Waals surface area contributed by atoms with Gasteiger partial charge in [-0.1, -0.05) is 24.9 Å². The van der Waals surface area contributed by atoms with Crippen LogP contribution >= 0.6 is 11.6 Å². The van der Waals surface area contributed by atoms with Gasteiger partial charge in [-0.2, -0.15) is 5.10 Å². The second-order valence-corrected chi connectivity index (χ2v) is 9.22. The van der Waals surface area contributed by atoms with Gasteiger partial charge in [0.2, 0.25) is 5.91 Å². The number of hydrogen-bond donors (Lipinski definition) is 1. The summed E-state index contributed by atoms with van der Waals surface area (Å²) in [6.07, 6.45) is 7.88. The van der Waals surface area contributed by atoms with E-state index in [-0.39, 0.29) is 33.8 Å². The topological polar surface area (TPSA) is 108 Å². The Morgan fingerprint density at radius 1 is 1.11 bits per heavy atom. The second kappa shape index (κ2) is 9.62. The lowest BCUT2D eigenvalue weighted by atomic mass is 9.97. The van der Waals surface area contributed by atoms with E-state index in [1.807, 2.05) is 19.1 Å². The van der Waals surface area contributed by atoms with E-state index >= 15 is 0 Å². The number of carbonyl (C=O) groups excluding carboxylic acids is 1. The van der Waals surface area contributed by atoms with Crippen molar-refractivity contribution in [3.05, 3.63) is 76.1 Å². The molecule has 2 bridgehead atoms. The first kappa shape index (κ1) is 23.8. The van der Waals surface area contributed by atoms with Gasteiger partial charge in [0.05, 0.1) is 46.4 Å². The molecule has 0 aromatic carbocycles. The van der Waals surface area contributed by atoms with Crippen LogP contribution in [0, 0.1) is 11.7 Å². The molecule has 0 fully saturated rings. The van der Waals surface area contributed by atoms with Gasteiger partial charge >= 0.3 is 0 Å². The molecule has 2 atom stereocenters. The van der Waals surface area contributed by atoms with Crippen LogP contribution in [-0.2, 0) is 11.8 Å². The van der Waals surface area contributed by atoms with Crippen molar-refractivity contribution >= 4 is 23.2 Å². The molecule has 1 amide bonds. The molecule has 0 saturated carbocycles. The van der Waals surface area contributed by atoms with Crippen LogP contribution in [0.1, 0.15) is 37.9 Å². The van der Waals surface area contributed by atoms with Crippen molar-refractivity contribution in [2.45, 2.75) is 32.2 Å². The van der Waals surface area contributed by atoms with Gasteiger partial charge in [0.15, 0.2) is 5.82 Å². The molecule has 5 heterocycles. The minimum Gasteiger partial charge on any atom is -0.323 e. The van der Waals surface area contributed by atoms with Gasteiger partial charge in [0.25, 0.3) is 5.56 Å². The Morgan fingerprint density at radius 3 is 2.72 bits per heavy atom. The molecule has 9 nitrogen and oxygen atoms in total. The molecule has 4 aromatic rings. The maximum absolute atomic E-state index is 14.5. The predicted molar refractivity (Wildman–Crippen MR) is 133 cm³/mol. The molecule has 1 aliphatic heterocycles. The molecule has 184 valence electrons. The van der Waals surface area contributed by atoms with Crippen molar-refractivity contribution in [1.29, 1.82) is 0 Å². The number of nitrogens with zero attached hydrogens (tertiary/aromatic N) is 6. The van der Waals surface area contributed by atoms with E-state index in [0.717, 1.165) is 11.3 Å². The van der Waals surface area contributed by atoms with E-state index in [2.05, 4.69) is 25.4 Å². The van der Waals surface area contributed by atoms with Crippen LogP contribution in [-0.4, -0.2) is 35.2 Å². The lowest BCUT2D eigenvalue weighted by Crippen LogP contribution is -2.27. The summed E-state index contributed by atoms with van der Waals surface area (Å²) in [4.78, 5) is 38.9. The normalized spacial score (nSPS) is 18.1. The summed E-state index contributed by atoms with van der Waals surface area (Å²) in [5, 5.41) is 7.20. The van der Waals surface area contributed by atoms with E-state index in [9.17, 15) is 14.0 Å². The number of nitrogens with one attached hydrogen (secondary N) is 1. The highest BCUT2D eigenvalue weighted by Gasteiger charge is 2.24. The van der Waals surface area contributed by atoms with Gasteiger partial charge in [-0.25, -0.2) is 9.37 Å². The third-order valence-corrected chi connectivity index (χ3v) is 6.70. The SMILES string of the molecule is CC1CCCC(n2cnc(-c3nccc(Cl)c3F)cc2=O)c2cc(ccn2)-c2c(cnn2C)NC1=O. The van der Waals surface area contributed by atoms with Crippen LogP contribution in [0.2, 0.25) is 5.02 Å². The molecular weight excluding hydrogens is 485 g/mol. The van der Waals surface area contributed by atoms with Crippen LogP contribution in [0.5, 0.6) is 0 Å². The van der Waals surface area contributed by atoms with Crippen LogP contribution in [0.4, 0.5) is 10.1 Å². The quantitative estimate of drug-likeness (QED) is 0.435. The first-order valence-electron chi connectivity index (χ1n) is 11.5. The Morgan fingerprint density at radius 2 is 1.92 bits per heavy atom. The highest BCUT2D eigenvalue weighted by Crippen LogP contribution is 2.32. The number of aromatic nitrogens is 6. The molecule has 0 saturated heterocycles. The first-order valence-corrected chi connectivity index (χ1v) is 11.9. The minimum atomic E-state index is -0.733. The molecule has 0 radical (unpaired) electrons. The summed E-state index contributed by atoms with van der Waals surface area (Å²) < 4.78 is 17.6. The zero-order valence-corrected chi connectivity index (χ0v) is 20.4. The minimum absolute atomic E-state index is 0.0881. The Labute approximate surface area is 211 Å². The average Bonchev–Trinajstić information content (AvgIpc) is 3.23. The Hall–Kier alpha value is -3.92. The monoisotopic (exact) mass is 507 g/mol. The van der Waals surface area contributed by atoms with Crippen molar-refractivity contribution in [3.8, 4) is 22.6 Å². The van der Waals surface area contributed by atoms with Gasteiger partial charge in [-0.05, 0) is 31.0 Å².